The summed E-state index contributed by atoms with van der Waals surface area (Å²) in [6.07, 6.45) is 0. The van der Waals surface area contributed by atoms with Crippen molar-refractivity contribution < 1.29 is 118 Å². The monoisotopic (exact) mass is 723 g/mol. The maximum absolute atomic E-state index is 10.2. The van der Waals surface area contributed by atoms with Crippen LogP contribution in [0.2, 0.25) is 0 Å². The minimum Gasteiger partial charge on any atom is -0.329 e. The molecular formula is C2H14CuF6N2O18S6. The third-order valence-corrected chi connectivity index (χ3v) is 0.167. The van der Waals surface area contributed by atoms with Gasteiger partial charge < -0.3 is 11.5 Å². The van der Waals surface area contributed by atoms with E-state index in [2.05, 4.69) is 0 Å². The Hall–Kier alpha value is -0.521. The fourth-order valence-electron chi connectivity index (χ4n) is 0. The molecule has 0 aliphatic heterocycles. The Morgan fingerprint density at radius 3 is 0.400 bits per heavy atom. The molecule has 0 atom stereocenters. The minimum absolute atomic E-state index is 0. The van der Waals surface area contributed by atoms with Crippen LogP contribution in [0.4, 0.5) is 23.3 Å². The van der Waals surface area contributed by atoms with Crippen molar-refractivity contribution >= 4 is 63.0 Å². The van der Waals surface area contributed by atoms with E-state index in [4.69, 9.17) is 89.3 Å². The average molecular weight is 724 g/mol. The summed E-state index contributed by atoms with van der Waals surface area (Å²) < 4.78 is 204. The molecule has 35 heavy (non-hydrogen) atoms. The van der Waals surface area contributed by atoms with Gasteiger partial charge in [-0.25, -0.2) is 0 Å². The van der Waals surface area contributed by atoms with Crippen molar-refractivity contribution in [3.63, 3.8) is 0 Å². The van der Waals surface area contributed by atoms with Crippen LogP contribution >= 0.6 is 0 Å². The fraction of sp³-hybridized carbons (Fsp3) is 1.00. The second-order valence-corrected chi connectivity index (χ2v) is 8.00. The van der Waals surface area contributed by atoms with Crippen molar-refractivity contribution in [2.45, 2.75) is 0 Å². The van der Waals surface area contributed by atoms with Crippen LogP contribution in [0.3, 0.4) is 0 Å². The third-order valence-electron chi connectivity index (χ3n) is 0.167. The zero-order valence-corrected chi connectivity index (χ0v) is 21.0. The molecule has 0 heterocycles. The Morgan fingerprint density at radius 2 is 0.400 bits per heavy atom. The number of nitrogens with two attached hydrogens (primary N) is 2. The molecule has 0 unspecified atom stereocenters. The van der Waals surface area contributed by atoms with Crippen LogP contribution in [0.1, 0.15) is 0 Å². The molecule has 0 aliphatic carbocycles. The Morgan fingerprint density at radius 1 is 0.371 bits per heavy atom. The molecule has 0 aromatic heterocycles. The molecule has 0 aliphatic rings. The molecule has 20 nitrogen and oxygen atoms in total. The number of hydrogen-bond donors (Lipinski definition) is 8. The van der Waals surface area contributed by atoms with Crippen molar-refractivity contribution in [1.82, 2.24) is 0 Å². The largest absolute Gasteiger partial charge is 0.435 e. The first kappa shape index (κ1) is 55.1. The molecule has 0 fully saturated rings. The van der Waals surface area contributed by atoms with Gasteiger partial charge >= 0.3 is 63.0 Å². The van der Waals surface area contributed by atoms with Crippen molar-refractivity contribution in [2.75, 3.05) is 13.1 Å². The molecule has 0 saturated carbocycles. The number of rotatable bonds is 1. The Kier molecular flexibility index (Phi) is 39.6. The molecule has 10 N–H and O–H groups in total. The molecule has 0 saturated heterocycles. The first-order valence-electron chi connectivity index (χ1n) is 5.34. The van der Waals surface area contributed by atoms with E-state index in [1.165, 1.54) is 0 Å². The van der Waals surface area contributed by atoms with Crippen LogP contribution in [-0.2, 0) is 80.1 Å². The SMILES string of the molecule is NCCN.O=S(=O)(O)F.O=S(=O)(O)F.O=S(=O)(O)F.O=S(=O)(O)F.O=S(=O)(O)F.O=S(=O)(O)F.[Cu]. The minimum atomic E-state index is -5.17. The van der Waals surface area contributed by atoms with E-state index in [0.29, 0.717) is 13.1 Å². The molecule has 0 rings (SSSR count). The van der Waals surface area contributed by atoms with Gasteiger partial charge in [0.25, 0.3) is 0 Å². The predicted octanol–water partition coefficient (Wildman–Crippen LogP) is -2.55. The van der Waals surface area contributed by atoms with Crippen molar-refractivity contribution in [3.05, 3.63) is 0 Å². The molecule has 1 radical (unpaired) electrons. The van der Waals surface area contributed by atoms with Gasteiger partial charge in [0.1, 0.15) is 0 Å². The van der Waals surface area contributed by atoms with E-state index in [-0.39, 0.29) is 17.1 Å². The van der Waals surface area contributed by atoms with Crippen LogP contribution in [0.5, 0.6) is 0 Å². The van der Waals surface area contributed by atoms with Crippen LogP contribution in [0, 0.1) is 0 Å². The summed E-state index contributed by atoms with van der Waals surface area (Å²) in [5.41, 5.74) is 9.81. The fourth-order valence-corrected chi connectivity index (χ4v) is 0. The Labute approximate surface area is 205 Å². The van der Waals surface area contributed by atoms with Crippen molar-refractivity contribution in [3.8, 4) is 0 Å². The van der Waals surface area contributed by atoms with Gasteiger partial charge in [0.2, 0.25) is 0 Å². The first-order chi connectivity index (χ1) is 13.9. The van der Waals surface area contributed by atoms with Gasteiger partial charge in [0.05, 0.1) is 0 Å². The average Bonchev–Trinajstić information content (AvgIpc) is 2.25. The first-order valence-corrected chi connectivity index (χ1v) is 13.4. The zero-order valence-electron chi connectivity index (χ0n) is 15.2. The van der Waals surface area contributed by atoms with Gasteiger partial charge in [-0.1, -0.05) is 23.3 Å². The molecule has 0 bridgehead atoms. The van der Waals surface area contributed by atoms with Gasteiger partial charge in [0.15, 0.2) is 0 Å². The second kappa shape index (κ2) is 25.1. The maximum atomic E-state index is 10.2. The van der Waals surface area contributed by atoms with Gasteiger partial charge in [-0.15, -0.1) is 0 Å². The van der Waals surface area contributed by atoms with Gasteiger partial charge in [-0.05, 0) is 0 Å². The summed E-state index contributed by atoms with van der Waals surface area (Å²) in [5, 5.41) is 0. The van der Waals surface area contributed by atoms with E-state index in [1.54, 1.807) is 0 Å². The van der Waals surface area contributed by atoms with Crippen LogP contribution in [0.25, 0.3) is 0 Å². The molecule has 0 aromatic rings. The van der Waals surface area contributed by atoms with E-state index in [0.717, 1.165) is 0 Å². The summed E-state index contributed by atoms with van der Waals surface area (Å²) in [6, 6.07) is 0. The Balaban J connectivity index is -0.0000000404. The smallest absolute Gasteiger partial charge is 0.329 e. The van der Waals surface area contributed by atoms with Crippen LogP contribution in [-0.4, -0.2) is 90.9 Å². The molecule has 0 aromatic carbocycles. The number of hydrogen-bond acceptors (Lipinski definition) is 14. The normalized spacial score (nSPS) is 10.8. The van der Waals surface area contributed by atoms with E-state index in [9.17, 15) is 23.3 Å². The van der Waals surface area contributed by atoms with E-state index >= 15 is 0 Å². The molecule has 0 amide bonds. The second-order valence-electron chi connectivity index (χ2n) is 3.05. The summed E-state index contributed by atoms with van der Waals surface area (Å²) in [4.78, 5) is 0. The third kappa shape index (κ3) is 144000. The van der Waals surface area contributed by atoms with Crippen LogP contribution in [0.15, 0.2) is 0 Å². The molecule has 0 spiro atoms. The summed E-state index contributed by atoms with van der Waals surface area (Å²) in [7, 11) is -31.0. The summed E-state index contributed by atoms with van der Waals surface area (Å²) >= 11 is 0. The summed E-state index contributed by atoms with van der Waals surface area (Å²) in [6.45, 7) is 1.19. The standard InChI is InChI=1S/C2H8N2.Cu.6FHO3S/c3-1-2-4;;6*1-5(2,3)4/h1-4H2;;6*(H,2,3,4). The van der Waals surface area contributed by atoms with Crippen LogP contribution < -0.4 is 11.5 Å². The molecule has 229 valence electrons. The summed E-state index contributed by atoms with van der Waals surface area (Å²) in [5.74, 6) is 0. The maximum Gasteiger partial charge on any atom is 0.435 e. The molecule has 33 heteroatoms. The predicted molar refractivity (Wildman–Crippen MR) is 94.0 cm³/mol. The molecular weight excluding hydrogens is 710 g/mol. The van der Waals surface area contributed by atoms with Crippen molar-refractivity contribution in [1.29, 1.82) is 0 Å². The van der Waals surface area contributed by atoms with E-state index < -0.39 is 63.0 Å². The van der Waals surface area contributed by atoms with Gasteiger partial charge in [-0.2, -0.15) is 50.5 Å². The number of halogens is 6. The topological polar surface area (TPSA) is 378 Å². The van der Waals surface area contributed by atoms with Crippen molar-refractivity contribution in [2.24, 2.45) is 11.5 Å². The van der Waals surface area contributed by atoms with E-state index in [1.807, 2.05) is 0 Å². The van der Waals surface area contributed by atoms with Gasteiger partial charge in [-0.3, -0.25) is 27.3 Å². The quantitative estimate of drug-likeness (QED) is 0.0597. The Bertz CT molecular complexity index is 831. The zero-order chi connectivity index (χ0) is 30.4. The van der Waals surface area contributed by atoms with Gasteiger partial charge in [0, 0.05) is 30.2 Å².